The van der Waals surface area contributed by atoms with Crippen molar-refractivity contribution in [2.24, 2.45) is 0 Å². The highest BCUT2D eigenvalue weighted by atomic mass is 16.5. The van der Waals surface area contributed by atoms with Crippen LogP contribution in [0.5, 0.6) is 0 Å². The summed E-state index contributed by atoms with van der Waals surface area (Å²) in [7, 11) is 0. The third kappa shape index (κ3) is 0.337. The minimum absolute atomic E-state index is 0.211. The molecule has 1 aromatic heterocycles. The molecule has 0 unspecified atom stereocenters. The smallest absolute Gasteiger partial charge is 0.0664 e. The first-order valence-corrected chi connectivity index (χ1v) is 1.49. The van der Waals surface area contributed by atoms with E-state index in [1.165, 1.54) is 12.4 Å². The first-order chi connectivity index (χ1) is 3.29. The Bertz CT molecular complexity index is 145. The fourth-order valence-electron chi connectivity index (χ4n) is 0.226. The summed E-state index contributed by atoms with van der Waals surface area (Å²) in [6.07, 6.45) is 2.44. The van der Waals surface area contributed by atoms with E-state index >= 15 is 0 Å². The van der Waals surface area contributed by atoms with Gasteiger partial charge in [-0.15, -0.1) is 9.94 Å². The molecule has 0 fully saturated rings. The minimum atomic E-state index is 0.211. The second-order valence-electron chi connectivity index (χ2n) is 0.861. The molecule has 3 heteroatoms. The van der Waals surface area contributed by atoms with E-state index in [0.29, 0.717) is 4.85 Å². The Morgan fingerprint density at radius 2 is 2.83 bits per heavy atom. The molecule has 0 aliphatic carbocycles. The van der Waals surface area contributed by atoms with E-state index in [2.05, 4.69) is 5.10 Å². The molecule has 0 spiro atoms. The van der Waals surface area contributed by atoms with Crippen molar-refractivity contribution in [1.29, 1.82) is 0 Å². The van der Waals surface area contributed by atoms with Gasteiger partial charge in [-0.2, -0.15) is 0 Å². The van der Waals surface area contributed by atoms with Crippen molar-refractivity contribution < 1.29 is 6.58 Å². The van der Waals surface area contributed by atoms with Gasteiger partial charge in [-0.05, 0) is 6.04 Å². The van der Waals surface area contributed by atoms with Crippen molar-refractivity contribution in [2.75, 3.05) is 0 Å². The fourth-order valence-corrected chi connectivity index (χ4v) is 0.226. The van der Waals surface area contributed by atoms with E-state index in [1.807, 2.05) is 0 Å². The minimum Gasteiger partial charge on any atom is -0.412 e. The molecule has 0 aliphatic heterocycles. The Balaban J connectivity index is 3.04. The highest BCUT2D eigenvalue weighted by Gasteiger charge is 1.71. The third-order valence-corrected chi connectivity index (χ3v) is 0.441. The molecule has 1 N–H and O–H groups in total. The van der Waals surface area contributed by atoms with E-state index in [-0.39, 0.29) is 6.04 Å². The Morgan fingerprint density at radius 1 is 2.00 bits per heavy atom. The lowest BCUT2D eigenvalue weighted by atomic mass is 10.8. The van der Waals surface area contributed by atoms with Crippen LogP contribution in [0.3, 0.4) is 0 Å². The van der Waals surface area contributed by atoms with Crippen LogP contribution in [0, 0.1) is 0 Å². The van der Waals surface area contributed by atoms with E-state index in [9.17, 15) is 0 Å². The Hall–Kier alpha value is -0.990. The zero-order valence-electron chi connectivity index (χ0n) is 4.00. The lowest BCUT2D eigenvalue weighted by molar-refractivity contribution is 0.149. The quantitative estimate of drug-likeness (QED) is 0.454. The molecule has 0 aromatic carbocycles. The molecule has 6 heavy (non-hydrogen) atoms. The zero-order valence-corrected chi connectivity index (χ0v) is 3.00. The molecule has 0 saturated heterocycles. The largest absolute Gasteiger partial charge is 0.412 e. The Kier molecular flexibility index (Phi) is 0.374. The van der Waals surface area contributed by atoms with Crippen molar-refractivity contribution in [2.45, 2.75) is 0 Å². The fraction of sp³-hybridized carbons (Fsp3) is 0. The van der Waals surface area contributed by atoms with Crippen LogP contribution in [-0.2, 0) is 0 Å². The molecule has 3 nitrogen and oxygen atoms in total. The molecule has 0 amide bonds. The first kappa shape index (κ1) is 2.23. The van der Waals surface area contributed by atoms with Crippen LogP contribution in [-0.4, -0.2) is 15.2 Å². The van der Waals surface area contributed by atoms with Crippen molar-refractivity contribution in [3.8, 4) is 0 Å². The lowest BCUT2D eigenvalue weighted by Gasteiger charge is -1.76. The summed E-state index contributed by atoms with van der Waals surface area (Å²) >= 11 is 0. The summed E-state index contributed by atoms with van der Waals surface area (Å²) in [6.45, 7) is 0. The molecule has 0 radical (unpaired) electrons. The molecule has 1 aromatic rings. The van der Waals surface area contributed by atoms with Gasteiger partial charge in [0.25, 0.3) is 0 Å². The maximum Gasteiger partial charge on any atom is 0.0664 e. The molecule has 0 saturated carbocycles. The summed E-state index contributed by atoms with van der Waals surface area (Å²) in [4.78, 5) is 0.600. The van der Waals surface area contributed by atoms with Crippen molar-refractivity contribution in [3.05, 3.63) is 18.4 Å². The van der Waals surface area contributed by atoms with Crippen LogP contribution < -0.4 is 0 Å². The first-order valence-electron chi connectivity index (χ1n) is 1.99. The summed E-state index contributed by atoms with van der Waals surface area (Å²) in [5.74, 6) is 0. The molecular weight excluding hydrogens is 80.0 g/mol. The summed E-state index contributed by atoms with van der Waals surface area (Å²) < 4.78 is 6.77. The Morgan fingerprint density at radius 3 is 3.00 bits per heavy atom. The van der Waals surface area contributed by atoms with Gasteiger partial charge < -0.3 is 5.21 Å². The van der Waals surface area contributed by atoms with Gasteiger partial charge in [-0.3, -0.25) is 0 Å². The van der Waals surface area contributed by atoms with Crippen LogP contribution in [0.25, 0.3) is 0 Å². The topological polar surface area (TPSA) is 38.0 Å². The standard InChI is InChI=1S/C3H4N2O/c6-5-3-1-2-4-5/h1-3,6H/i1D. The highest BCUT2D eigenvalue weighted by Crippen LogP contribution is 1.72. The van der Waals surface area contributed by atoms with Gasteiger partial charge in [-0.25, -0.2) is 0 Å². The van der Waals surface area contributed by atoms with Gasteiger partial charge in [0.1, 0.15) is 0 Å². The summed E-state index contributed by atoms with van der Waals surface area (Å²) in [6, 6.07) is 0.211. The van der Waals surface area contributed by atoms with E-state index in [0.717, 1.165) is 0 Å². The molecule has 0 atom stereocenters. The predicted octanol–water partition coefficient (Wildman–Crippen LogP) is 0.120. The van der Waals surface area contributed by atoms with Crippen LogP contribution >= 0.6 is 0 Å². The maximum absolute atomic E-state index is 8.34. The highest BCUT2D eigenvalue weighted by molar-refractivity contribution is 4.74. The van der Waals surface area contributed by atoms with Crippen molar-refractivity contribution in [1.82, 2.24) is 9.94 Å². The van der Waals surface area contributed by atoms with E-state index < -0.39 is 0 Å². The van der Waals surface area contributed by atoms with Gasteiger partial charge in [0, 0.05) is 0 Å². The van der Waals surface area contributed by atoms with E-state index in [1.54, 1.807) is 0 Å². The Labute approximate surface area is 36.2 Å². The maximum atomic E-state index is 8.34. The lowest BCUT2D eigenvalue weighted by Crippen LogP contribution is -1.86. The second-order valence-corrected chi connectivity index (χ2v) is 0.861. The van der Waals surface area contributed by atoms with Crippen LogP contribution in [0.2, 0.25) is 0 Å². The number of hydrogen-bond donors (Lipinski definition) is 1. The van der Waals surface area contributed by atoms with Crippen molar-refractivity contribution >= 4 is 0 Å². The van der Waals surface area contributed by atoms with Gasteiger partial charge in [0.15, 0.2) is 0 Å². The monoisotopic (exact) mass is 85.0 g/mol. The van der Waals surface area contributed by atoms with Crippen LogP contribution in [0.15, 0.2) is 18.4 Å². The number of nitrogens with zero attached hydrogens (tertiary/aromatic N) is 2. The van der Waals surface area contributed by atoms with Crippen LogP contribution in [0.4, 0.5) is 0 Å². The number of rotatable bonds is 0. The third-order valence-electron chi connectivity index (χ3n) is 0.441. The zero-order chi connectivity index (χ0) is 5.28. The average molecular weight is 85.1 g/mol. The predicted molar refractivity (Wildman–Crippen MR) is 19.4 cm³/mol. The second kappa shape index (κ2) is 1.01. The van der Waals surface area contributed by atoms with Gasteiger partial charge >= 0.3 is 0 Å². The molecule has 1 rings (SSSR count). The normalized spacial score (nSPS) is 11.0. The van der Waals surface area contributed by atoms with E-state index in [4.69, 9.17) is 6.58 Å². The summed E-state index contributed by atoms with van der Waals surface area (Å²) in [5.41, 5.74) is 0. The molecular formula is C3H4N2O. The molecule has 32 valence electrons. The van der Waals surface area contributed by atoms with Crippen molar-refractivity contribution in [3.63, 3.8) is 0 Å². The number of hydrogen-bond acceptors (Lipinski definition) is 2. The van der Waals surface area contributed by atoms with Gasteiger partial charge in [0.2, 0.25) is 0 Å². The SMILES string of the molecule is [2H]c1cnn(O)c1. The molecule has 1 heterocycles. The average Bonchev–Trinajstić information content (AvgIpc) is 1.87. The van der Waals surface area contributed by atoms with Gasteiger partial charge in [0.05, 0.1) is 13.8 Å². The number of aromatic nitrogens is 2. The van der Waals surface area contributed by atoms with Gasteiger partial charge in [-0.1, -0.05) is 0 Å². The molecule has 0 bridgehead atoms. The molecule has 0 aliphatic rings. The van der Waals surface area contributed by atoms with Crippen LogP contribution in [0.1, 0.15) is 1.37 Å². The summed E-state index contributed by atoms with van der Waals surface area (Å²) in [5, 5.41) is 11.6.